The van der Waals surface area contributed by atoms with E-state index in [1.165, 1.54) is 0 Å². The molecule has 0 bridgehead atoms. The van der Waals surface area contributed by atoms with Gasteiger partial charge in [0.2, 0.25) is 5.91 Å². The summed E-state index contributed by atoms with van der Waals surface area (Å²) in [4.78, 5) is 27.5. The summed E-state index contributed by atoms with van der Waals surface area (Å²) >= 11 is 0. The highest BCUT2D eigenvalue weighted by Gasteiger charge is 2.34. The number of benzene rings is 2. The van der Waals surface area contributed by atoms with E-state index in [9.17, 15) is 9.59 Å². The number of hydrogen-bond donors (Lipinski definition) is 0. The molecule has 1 unspecified atom stereocenters. The molecule has 1 aliphatic rings. The number of carbonyl (C=O) groups is 2. The zero-order valence-corrected chi connectivity index (χ0v) is 16.0. The topological polar surface area (TPSA) is 55.8 Å². The number of likely N-dealkylation sites (tertiary alicyclic amines) is 1. The van der Waals surface area contributed by atoms with Crippen molar-refractivity contribution in [3.8, 4) is 11.5 Å². The molecule has 5 heteroatoms. The molecule has 1 saturated heterocycles. The van der Waals surface area contributed by atoms with E-state index in [0.717, 1.165) is 29.0 Å². The van der Waals surface area contributed by atoms with Crippen molar-refractivity contribution in [3.05, 3.63) is 59.2 Å². The predicted molar refractivity (Wildman–Crippen MR) is 103 cm³/mol. The lowest BCUT2D eigenvalue weighted by molar-refractivity contribution is -0.130. The maximum atomic E-state index is 13.0. The van der Waals surface area contributed by atoms with Gasteiger partial charge in [-0.1, -0.05) is 12.1 Å². The number of Topliss-reactive ketones (excluding diaryl/α,β-unsaturated/α-hetero) is 1. The van der Waals surface area contributed by atoms with Crippen molar-refractivity contribution in [2.45, 2.75) is 32.2 Å². The number of methoxy groups -OCH3 is 2. The van der Waals surface area contributed by atoms with Crippen molar-refractivity contribution in [3.63, 3.8) is 0 Å². The Hall–Kier alpha value is -2.82. The van der Waals surface area contributed by atoms with Crippen LogP contribution in [-0.4, -0.2) is 43.4 Å². The maximum absolute atomic E-state index is 13.0. The van der Waals surface area contributed by atoms with E-state index in [4.69, 9.17) is 9.47 Å². The number of carbonyl (C=O) groups excluding carboxylic acids is 2. The van der Waals surface area contributed by atoms with Crippen LogP contribution in [0.4, 0.5) is 0 Å². The van der Waals surface area contributed by atoms with Crippen LogP contribution < -0.4 is 9.47 Å². The molecular formula is C22H25NO4. The zero-order valence-electron chi connectivity index (χ0n) is 16.0. The molecule has 0 spiro atoms. The van der Waals surface area contributed by atoms with Crippen molar-refractivity contribution in [1.82, 2.24) is 4.90 Å². The molecule has 0 saturated carbocycles. The second-order valence-corrected chi connectivity index (χ2v) is 6.82. The zero-order chi connectivity index (χ0) is 19.4. The second kappa shape index (κ2) is 8.25. The van der Waals surface area contributed by atoms with Gasteiger partial charge in [-0.2, -0.15) is 0 Å². The lowest BCUT2D eigenvalue weighted by Gasteiger charge is -2.24. The Balaban J connectivity index is 1.72. The number of hydrogen-bond acceptors (Lipinski definition) is 4. The Bertz CT molecular complexity index is 829. The lowest BCUT2D eigenvalue weighted by Crippen LogP contribution is -2.41. The van der Waals surface area contributed by atoms with Gasteiger partial charge in [-0.25, -0.2) is 0 Å². The van der Waals surface area contributed by atoms with Crippen molar-refractivity contribution >= 4 is 11.7 Å². The van der Waals surface area contributed by atoms with Crippen LogP contribution in [0.1, 0.15) is 34.3 Å². The van der Waals surface area contributed by atoms with Crippen LogP contribution in [0.15, 0.2) is 42.5 Å². The van der Waals surface area contributed by atoms with E-state index >= 15 is 0 Å². The van der Waals surface area contributed by atoms with Gasteiger partial charge in [-0.05, 0) is 61.2 Å². The third-order valence-electron chi connectivity index (χ3n) is 5.07. The average Bonchev–Trinajstić information content (AvgIpc) is 3.18. The van der Waals surface area contributed by atoms with E-state index in [2.05, 4.69) is 0 Å². The normalized spacial score (nSPS) is 16.3. The summed E-state index contributed by atoms with van der Waals surface area (Å²) in [6.07, 6.45) is 1.84. The fourth-order valence-electron chi connectivity index (χ4n) is 3.58. The average molecular weight is 367 g/mol. The minimum absolute atomic E-state index is 0.00124. The highest BCUT2D eigenvalue weighted by molar-refractivity contribution is 6.02. The van der Waals surface area contributed by atoms with Crippen LogP contribution in [0.2, 0.25) is 0 Å². The second-order valence-electron chi connectivity index (χ2n) is 6.82. The quantitative estimate of drug-likeness (QED) is 0.734. The minimum Gasteiger partial charge on any atom is -0.497 e. The number of rotatable bonds is 6. The van der Waals surface area contributed by atoms with Crippen LogP contribution in [0.3, 0.4) is 0 Å². The van der Waals surface area contributed by atoms with Gasteiger partial charge in [-0.3, -0.25) is 9.59 Å². The molecule has 0 N–H and O–H groups in total. The van der Waals surface area contributed by atoms with Gasteiger partial charge < -0.3 is 14.4 Å². The summed E-state index contributed by atoms with van der Waals surface area (Å²) in [7, 11) is 3.22. The van der Waals surface area contributed by atoms with Crippen molar-refractivity contribution in [1.29, 1.82) is 0 Å². The van der Waals surface area contributed by atoms with Crippen molar-refractivity contribution in [2.24, 2.45) is 0 Å². The number of ether oxygens (including phenoxy) is 2. The summed E-state index contributed by atoms with van der Waals surface area (Å²) < 4.78 is 10.4. The van der Waals surface area contributed by atoms with Crippen LogP contribution in [-0.2, 0) is 11.2 Å². The summed E-state index contributed by atoms with van der Waals surface area (Å²) in [6, 6.07) is 12.5. The number of aryl methyl sites for hydroxylation is 1. The fourth-order valence-corrected chi connectivity index (χ4v) is 3.58. The molecule has 2 aromatic carbocycles. The highest BCUT2D eigenvalue weighted by atomic mass is 16.5. The lowest BCUT2D eigenvalue weighted by atomic mass is 9.99. The first-order chi connectivity index (χ1) is 13.0. The number of ketones is 1. The summed E-state index contributed by atoms with van der Waals surface area (Å²) in [5.74, 6) is 1.50. The first-order valence-electron chi connectivity index (χ1n) is 9.14. The standard InChI is InChI=1S/C22H25NO4/c1-15-13-17(8-11-20(15)27-3)22(25)19-5-4-12-23(19)21(24)14-16-6-9-18(26-2)10-7-16/h6-11,13,19H,4-5,12,14H2,1-3H3. The molecular weight excluding hydrogens is 342 g/mol. The highest BCUT2D eigenvalue weighted by Crippen LogP contribution is 2.25. The molecule has 1 aliphatic heterocycles. The van der Waals surface area contributed by atoms with Gasteiger partial charge in [-0.15, -0.1) is 0 Å². The molecule has 142 valence electrons. The van der Waals surface area contributed by atoms with E-state index in [0.29, 0.717) is 18.5 Å². The van der Waals surface area contributed by atoms with Crippen LogP contribution >= 0.6 is 0 Å². The van der Waals surface area contributed by atoms with E-state index in [1.807, 2.05) is 37.3 Å². The molecule has 5 nitrogen and oxygen atoms in total. The minimum atomic E-state index is -0.386. The molecule has 1 atom stereocenters. The summed E-state index contributed by atoms with van der Waals surface area (Å²) in [6.45, 7) is 2.54. The van der Waals surface area contributed by atoms with Crippen LogP contribution in [0.5, 0.6) is 11.5 Å². The molecule has 0 aliphatic carbocycles. The van der Waals surface area contributed by atoms with Crippen LogP contribution in [0.25, 0.3) is 0 Å². The molecule has 2 aromatic rings. The Kier molecular flexibility index (Phi) is 5.79. The Morgan fingerprint density at radius 1 is 1.07 bits per heavy atom. The van der Waals surface area contributed by atoms with Gasteiger partial charge in [0.1, 0.15) is 11.5 Å². The molecule has 0 aromatic heterocycles. The Morgan fingerprint density at radius 2 is 1.81 bits per heavy atom. The molecule has 1 heterocycles. The molecule has 1 amide bonds. The largest absolute Gasteiger partial charge is 0.497 e. The summed E-state index contributed by atoms with van der Waals surface area (Å²) in [5, 5.41) is 0. The third kappa shape index (κ3) is 4.13. The van der Waals surface area contributed by atoms with Gasteiger partial charge >= 0.3 is 0 Å². The number of amides is 1. The third-order valence-corrected chi connectivity index (χ3v) is 5.07. The summed E-state index contributed by atoms with van der Waals surface area (Å²) in [5.41, 5.74) is 2.46. The number of nitrogens with zero attached hydrogens (tertiary/aromatic N) is 1. The maximum Gasteiger partial charge on any atom is 0.227 e. The van der Waals surface area contributed by atoms with Gasteiger partial charge in [0, 0.05) is 12.1 Å². The molecule has 3 rings (SSSR count). The van der Waals surface area contributed by atoms with Gasteiger partial charge in [0.05, 0.1) is 26.7 Å². The monoisotopic (exact) mass is 367 g/mol. The first-order valence-corrected chi connectivity index (χ1v) is 9.14. The Morgan fingerprint density at radius 3 is 2.44 bits per heavy atom. The van der Waals surface area contributed by atoms with Gasteiger partial charge in [0.25, 0.3) is 0 Å². The smallest absolute Gasteiger partial charge is 0.227 e. The fraction of sp³-hybridized carbons (Fsp3) is 0.364. The van der Waals surface area contributed by atoms with Gasteiger partial charge in [0.15, 0.2) is 5.78 Å². The van der Waals surface area contributed by atoms with E-state index in [1.54, 1.807) is 31.3 Å². The first kappa shape index (κ1) is 19.0. The van der Waals surface area contributed by atoms with Crippen LogP contribution in [0, 0.1) is 6.92 Å². The molecule has 0 radical (unpaired) electrons. The Labute approximate surface area is 159 Å². The van der Waals surface area contributed by atoms with E-state index in [-0.39, 0.29) is 24.2 Å². The van der Waals surface area contributed by atoms with Crippen molar-refractivity contribution < 1.29 is 19.1 Å². The van der Waals surface area contributed by atoms with E-state index < -0.39 is 0 Å². The SMILES string of the molecule is COc1ccc(CC(=O)N2CCCC2C(=O)c2ccc(OC)c(C)c2)cc1. The molecule has 27 heavy (non-hydrogen) atoms. The van der Waals surface area contributed by atoms with Crippen molar-refractivity contribution in [2.75, 3.05) is 20.8 Å². The predicted octanol–water partition coefficient (Wildman–Crippen LogP) is 3.43. The molecule has 1 fully saturated rings.